The smallest absolute Gasteiger partial charge is 0.126 e. The van der Waals surface area contributed by atoms with Gasteiger partial charge >= 0.3 is 0 Å². The first-order valence-corrected chi connectivity index (χ1v) is 5.70. The lowest BCUT2D eigenvalue weighted by molar-refractivity contribution is 0.403. The van der Waals surface area contributed by atoms with E-state index >= 15 is 0 Å². The summed E-state index contributed by atoms with van der Waals surface area (Å²) >= 11 is 0. The minimum absolute atomic E-state index is 0.279. The Hall–Kier alpha value is -1.09. The zero-order valence-corrected chi connectivity index (χ0v) is 9.24. The lowest BCUT2D eigenvalue weighted by Gasteiger charge is -2.29. The van der Waals surface area contributed by atoms with Crippen LogP contribution in [0.5, 0.6) is 0 Å². The first-order chi connectivity index (χ1) is 7.25. The maximum atomic E-state index is 6.07. The van der Waals surface area contributed by atoms with Crippen LogP contribution < -0.4 is 11.1 Å². The van der Waals surface area contributed by atoms with Gasteiger partial charge in [0.25, 0.3) is 0 Å². The van der Waals surface area contributed by atoms with Crippen LogP contribution in [0.1, 0.15) is 31.2 Å². The van der Waals surface area contributed by atoms with Gasteiger partial charge in [0.2, 0.25) is 0 Å². The predicted molar refractivity (Wildman–Crippen MR) is 62.8 cm³/mol. The Kier molecular flexibility index (Phi) is 3.21. The number of nitrogens with two attached hydrogens (primary N) is 1. The van der Waals surface area contributed by atoms with Crippen LogP contribution in [0.4, 0.5) is 5.82 Å². The molecule has 3 N–H and O–H groups in total. The van der Waals surface area contributed by atoms with Gasteiger partial charge in [-0.2, -0.15) is 0 Å². The van der Waals surface area contributed by atoms with E-state index in [0.717, 1.165) is 18.7 Å². The van der Waals surface area contributed by atoms with E-state index < -0.39 is 0 Å². The predicted octanol–water partition coefficient (Wildman–Crippen LogP) is 2.07. The average Bonchev–Trinajstić information content (AvgIpc) is 2.22. The lowest BCUT2D eigenvalue weighted by Crippen LogP contribution is -2.42. The summed E-state index contributed by atoms with van der Waals surface area (Å²) in [6, 6.07) is 4.75. The van der Waals surface area contributed by atoms with Crippen molar-refractivity contribution in [2.45, 2.75) is 44.7 Å². The number of aryl methyl sites for hydroxylation is 1. The van der Waals surface area contributed by atoms with Gasteiger partial charge in [0, 0.05) is 18.3 Å². The van der Waals surface area contributed by atoms with Gasteiger partial charge in [0.1, 0.15) is 5.82 Å². The van der Waals surface area contributed by atoms with Crippen LogP contribution in [0.25, 0.3) is 0 Å². The first kappa shape index (κ1) is 10.4. The van der Waals surface area contributed by atoms with Crippen molar-refractivity contribution in [1.29, 1.82) is 0 Å². The number of aromatic nitrogens is 1. The molecule has 1 aromatic heterocycles. The van der Waals surface area contributed by atoms with Crippen molar-refractivity contribution in [2.24, 2.45) is 5.73 Å². The molecule has 2 atom stereocenters. The molecule has 15 heavy (non-hydrogen) atoms. The van der Waals surface area contributed by atoms with Gasteiger partial charge in [-0.15, -0.1) is 0 Å². The van der Waals surface area contributed by atoms with Gasteiger partial charge in [-0.25, -0.2) is 4.98 Å². The second-order valence-electron chi connectivity index (χ2n) is 4.42. The van der Waals surface area contributed by atoms with Gasteiger partial charge in [-0.3, -0.25) is 0 Å². The van der Waals surface area contributed by atoms with Crippen LogP contribution in [0.3, 0.4) is 0 Å². The third kappa shape index (κ3) is 2.69. The summed E-state index contributed by atoms with van der Waals surface area (Å²) in [6.45, 7) is 2.08. The van der Waals surface area contributed by atoms with E-state index in [-0.39, 0.29) is 6.04 Å². The summed E-state index contributed by atoms with van der Waals surface area (Å²) in [6.07, 6.45) is 6.67. The first-order valence-electron chi connectivity index (χ1n) is 5.70. The summed E-state index contributed by atoms with van der Waals surface area (Å²) in [5.74, 6) is 0.956. The van der Waals surface area contributed by atoms with E-state index in [2.05, 4.69) is 23.3 Å². The highest BCUT2D eigenvalue weighted by Crippen LogP contribution is 2.20. The van der Waals surface area contributed by atoms with Crippen molar-refractivity contribution >= 4 is 5.82 Å². The molecule has 3 nitrogen and oxygen atoms in total. The molecule has 3 heteroatoms. The van der Waals surface area contributed by atoms with Crippen LogP contribution in [0, 0.1) is 6.92 Å². The minimum Gasteiger partial charge on any atom is -0.366 e. The molecule has 0 aromatic carbocycles. The summed E-state index contributed by atoms with van der Waals surface area (Å²) in [5.41, 5.74) is 7.31. The van der Waals surface area contributed by atoms with Crippen molar-refractivity contribution in [3.8, 4) is 0 Å². The highest BCUT2D eigenvalue weighted by Gasteiger charge is 2.21. The number of anilines is 1. The summed E-state index contributed by atoms with van der Waals surface area (Å²) < 4.78 is 0. The second-order valence-corrected chi connectivity index (χ2v) is 4.42. The van der Waals surface area contributed by atoms with Gasteiger partial charge in [0.15, 0.2) is 0 Å². The molecule has 0 aliphatic heterocycles. The van der Waals surface area contributed by atoms with Crippen LogP contribution in [-0.4, -0.2) is 17.1 Å². The molecule has 1 saturated carbocycles. The van der Waals surface area contributed by atoms with Crippen molar-refractivity contribution in [3.63, 3.8) is 0 Å². The van der Waals surface area contributed by atoms with E-state index in [0.29, 0.717) is 6.04 Å². The molecule has 1 heterocycles. The highest BCUT2D eigenvalue weighted by atomic mass is 15.0. The van der Waals surface area contributed by atoms with Crippen LogP contribution in [0.15, 0.2) is 18.3 Å². The zero-order valence-electron chi connectivity index (χ0n) is 9.24. The number of pyridine rings is 1. The Morgan fingerprint density at radius 1 is 1.40 bits per heavy atom. The average molecular weight is 205 g/mol. The fourth-order valence-corrected chi connectivity index (χ4v) is 2.14. The largest absolute Gasteiger partial charge is 0.366 e. The fourth-order valence-electron chi connectivity index (χ4n) is 2.14. The molecule has 0 saturated heterocycles. The Balaban J connectivity index is 2.01. The monoisotopic (exact) mass is 205 g/mol. The Bertz CT molecular complexity index is 324. The quantitative estimate of drug-likeness (QED) is 0.777. The van der Waals surface area contributed by atoms with E-state index in [4.69, 9.17) is 5.73 Å². The van der Waals surface area contributed by atoms with Crippen molar-refractivity contribution < 1.29 is 0 Å². The minimum atomic E-state index is 0.279. The Labute approximate surface area is 91.1 Å². The van der Waals surface area contributed by atoms with Gasteiger partial charge in [-0.05, 0) is 37.5 Å². The van der Waals surface area contributed by atoms with Crippen LogP contribution >= 0.6 is 0 Å². The number of nitrogens with one attached hydrogen (secondary N) is 1. The van der Waals surface area contributed by atoms with E-state index in [1.54, 1.807) is 0 Å². The standard InChI is InChI=1S/C12H19N3/c1-9-6-7-14-12(8-9)15-11-5-3-2-4-10(11)13/h6-8,10-11H,2-5,13H2,1H3,(H,14,15)/t10-,11-/m1/s1. The Morgan fingerprint density at radius 2 is 2.20 bits per heavy atom. The molecule has 1 aliphatic carbocycles. The maximum absolute atomic E-state index is 6.07. The molecule has 0 radical (unpaired) electrons. The van der Waals surface area contributed by atoms with Crippen molar-refractivity contribution in [3.05, 3.63) is 23.9 Å². The SMILES string of the molecule is Cc1ccnc(N[C@@H]2CCCC[C@H]2N)c1. The maximum Gasteiger partial charge on any atom is 0.126 e. The molecule has 1 aliphatic rings. The molecule has 0 amide bonds. The normalized spacial score (nSPS) is 26.3. The van der Waals surface area contributed by atoms with Gasteiger partial charge < -0.3 is 11.1 Å². The van der Waals surface area contributed by atoms with E-state index in [1.165, 1.54) is 18.4 Å². The Morgan fingerprint density at radius 3 is 2.93 bits per heavy atom. The topological polar surface area (TPSA) is 50.9 Å². The third-order valence-electron chi connectivity index (χ3n) is 3.07. The van der Waals surface area contributed by atoms with Crippen LogP contribution in [0.2, 0.25) is 0 Å². The van der Waals surface area contributed by atoms with Crippen molar-refractivity contribution in [2.75, 3.05) is 5.32 Å². The molecular weight excluding hydrogens is 186 g/mol. The zero-order chi connectivity index (χ0) is 10.7. The molecule has 0 spiro atoms. The molecule has 1 fully saturated rings. The third-order valence-corrected chi connectivity index (χ3v) is 3.07. The van der Waals surface area contributed by atoms with Crippen molar-refractivity contribution in [1.82, 2.24) is 4.98 Å². The van der Waals surface area contributed by atoms with E-state index in [9.17, 15) is 0 Å². The lowest BCUT2D eigenvalue weighted by atomic mass is 9.91. The van der Waals surface area contributed by atoms with E-state index in [1.807, 2.05) is 12.3 Å². The van der Waals surface area contributed by atoms with Gasteiger partial charge in [-0.1, -0.05) is 12.8 Å². The number of nitrogens with zero attached hydrogens (tertiary/aromatic N) is 1. The fraction of sp³-hybridized carbons (Fsp3) is 0.583. The molecule has 82 valence electrons. The highest BCUT2D eigenvalue weighted by molar-refractivity contribution is 5.38. The summed E-state index contributed by atoms with van der Waals surface area (Å²) in [7, 11) is 0. The summed E-state index contributed by atoms with van der Waals surface area (Å²) in [5, 5.41) is 3.44. The molecule has 0 bridgehead atoms. The summed E-state index contributed by atoms with van der Waals surface area (Å²) in [4.78, 5) is 4.30. The number of rotatable bonds is 2. The van der Waals surface area contributed by atoms with Gasteiger partial charge in [0.05, 0.1) is 0 Å². The number of hydrogen-bond donors (Lipinski definition) is 2. The molecule has 0 unspecified atom stereocenters. The number of hydrogen-bond acceptors (Lipinski definition) is 3. The second kappa shape index (κ2) is 4.62. The molecule has 2 rings (SSSR count). The van der Waals surface area contributed by atoms with Crippen LogP contribution in [-0.2, 0) is 0 Å². The molecule has 1 aromatic rings. The molecular formula is C12H19N3.